The van der Waals surface area contributed by atoms with E-state index in [2.05, 4.69) is 58.9 Å². The summed E-state index contributed by atoms with van der Waals surface area (Å²) in [6, 6.07) is 12.9. The first-order chi connectivity index (χ1) is 11.7. The molecular formula is C20H15N3S. The molecule has 0 spiro atoms. The third kappa shape index (κ3) is 1.77. The van der Waals surface area contributed by atoms with Crippen molar-refractivity contribution in [3.63, 3.8) is 0 Å². The molecule has 0 bridgehead atoms. The topological polar surface area (TPSA) is 30.2 Å². The van der Waals surface area contributed by atoms with Gasteiger partial charge in [-0.2, -0.15) is 0 Å². The molecule has 0 saturated carbocycles. The van der Waals surface area contributed by atoms with E-state index >= 15 is 0 Å². The molecule has 0 amide bonds. The molecule has 116 valence electrons. The van der Waals surface area contributed by atoms with Gasteiger partial charge in [-0.3, -0.25) is 4.40 Å². The molecule has 24 heavy (non-hydrogen) atoms. The Morgan fingerprint density at radius 1 is 1.00 bits per heavy atom. The number of aryl methyl sites for hydroxylation is 2. The average molecular weight is 329 g/mol. The zero-order chi connectivity index (χ0) is 16.3. The van der Waals surface area contributed by atoms with Crippen LogP contribution in [-0.2, 0) is 0 Å². The van der Waals surface area contributed by atoms with Crippen LogP contribution in [0.5, 0.6) is 0 Å². The van der Waals surface area contributed by atoms with Crippen LogP contribution in [-0.4, -0.2) is 14.4 Å². The second kappa shape index (κ2) is 4.89. The fraction of sp³-hybridized carbons (Fsp3) is 0.100. The molecule has 3 aromatic heterocycles. The second-order valence-electron chi connectivity index (χ2n) is 6.11. The predicted octanol–water partition coefficient (Wildman–Crippen LogP) is 5.38. The minimum absolute atomic E-state index is 1.01. The molecule has 3 nitrogen and oxygen atoms in total. The van der Waals surface area contributed by atoms with Gasteiger partial charge in [-0.15, -0.1) is 11.3 Å². The molecule has 0 aliphatic heterocycles. The van der Waals surface area contributed by atoms with Crippen LogP contribution in [0.15, 0.2) is 54.2 Å². The monoisotopic (exact) mass is 329 g/mol. The van der Waals surface area contributed by atoms with Crippen molar-refractivity contribution >= 4 is 38.7 Å². The lowest BCUT2D eigenvalue weighted by molar-refractivity contribution is 1.26. The predicted molar refractivity (Wildman–Crippen MR) is 101 cm³/mol. The average Bonchev–Trinajstić information content (AvgIpc) is 3.24. The summed E-state index contributed by atoms with van der Waals surface area (Å²) in [6.45, 7) is 4.20. The Morgan fingerprint density at radius 2 is 1.88 bits per heavy atom. The number of pyridine rings is 1. The second-order valence-corrected chi connectivity index (χ2v) is 7.00. The van der Waals surface area contributed by atoms with Gasteiger partial charge in [-0.1, -0.05) is 30.3 Å². The van der Waals surface area contributed by atoms with Crippen molar-refractivity contribution < 1.29 is 0 Å². The lowest BCUT2D eigenvalue weighted by Gasteiger charge is -2.13. The van der Waals surface area contributed by atoms with E-state index in [1.807, 2.05) is 18.5 Å². The Kier molecular flexibility index (Phi) is 2.79. The summed E-state index contributed by atoms with van der Waals surface area (Å²) >= 11 is 1.69. The summed E-state index contributed by atoms with van der Waals surface area (Å²) < 4.78 is 2.20. The molecule has 0 saturated heterocycles. The Hall–Kier alpha value is -2.72. The van der Waals surface area contributed by atoms with Crippen molar-refractivity contribution in [2.75, 3.05) is 0 Å². The number of rotatable bonds is 1. The van der Waals surface area contributed by atoms with E-state index in [-0.39, 0.29) is 0 Å². The van der Waals surface area contributed by atoms with Crippen molar-refractivity contribution in [1.29, 1.82) is 0 Å². The first kappa shape index (κ1) is 13.7. The molecule has 0 atom stereocenters. The van der Waals surface area contributed by atoms with Crippen LogP contribution >= 0.6 is 11.3 Å². The summed E-state index contributed by atoms with van der Waals surface area (Å²) in [6.07, 6.45) is 3.98. The number of aromatic nitrogens is 3. The number of nitrogens with zero attached hydrogens (tertiary/aromatic N) is 3. The zero-order valence-corrected chi connectivity index (χ0v) is 14.3. The molecule has 0 fully saturated rings. The number of hydrogen-bond acceptors (Lipinski definition) is 3. The molecule has 5 rings (SSSR count). The number of fused-ring (bicyclic) bond motifs is 6. The highest BCUT2D eigenvalue weighted by atomic mass is 32.1. The zero-order valence-electron chi connectivity index (χ0n) is 13.4. The Bertz CT molecular complexity index is 1220. The molecule has 2 aromatic carbocycles. The van der Waals surface area contributed by atoms with Crippen molar-refractivity contribution in [2.24, 2.45) is 0 Å². The maximum absolute atomic E-state index is 4.79. The SMILES string of the molecule is Cc1cn2c3ccccc3c3c(-c4nccs4)c(C)ccc3c2n1. The van der Waals surface area contributed by atoms with E-state index in [0.717, 1.165) is 16.3 Å². The van der Waals surface area contributed by atoms with Gasteiger partial charge in [0.1, 0.15) is 10.7 Å². The van der Waals surface area contributed by atoms with Crippen LogP contribution < -0.4 is 0 Å². The Labute approximate surface area is 143 Å². The molecule has 0 unspecified atom stereocenters. The molecule has 5 aromatic rings. The third-order valence-corrected chi connectivity index (χ3v) is 5.35. The number of hydrogen-bond donors (Lipinski definition) is 0. The van der Waals surface area contributed by atoms with E-state index in [1.54, 1.807) is 11.3 Å². The van der Waals surface area contributed by atoms with Gasteiger partial charge in [0.05, 0.1) is 11.2 Å². The summed E-state index contributed by atoms with van der Waals surface area (Å²) in [7, 11) is 0. The quantitative estimate of drug-likeness (QED) is 0.386. The normalized spacial score (nSPS) is 11.8. The molecular weight excluding hydrogens is 314 g/mol. The fourth-order valence-corrected chi connectivity index (χ4v) is 4.32. The summed E-state index contributed by atoms with van der Waals surface area (Å²) in [5, 5.41) is 6.77. The van der Waals surface area contributed by atoms with Crippen LogP contribution in [0.2, 0.25) is 0 Å². The van der Waals surface area contributed by atoms with Crippen molar-refractivity contribution in [3.8, 4) is 10.6 Å². The van der Waals surface area contributed by atoms with Gasteiger partial charge in [0.15, 0.2) is 0 Å². The van der Waals surface area contributed by atoms with Crippen LogP contribution in [0.4, 0.5) is 0 Å². The minimum atomic E-state index is 1.01. The van der Waals surface area contributed by atoms with Gasteiger partial charge in [0.2, 0.25) is 0 Å². The summed E-state index contributed by atoms with van der Waals surface area (Å²) in [5.74, 6) is 0. The summed E-state index contributed by atoms with van der Waals surface area (Å²) in [5.41, 5.74) is 5.70. The van der Waals surface area contributed by atoms with Crippen molar-refractivity contribution in [3.05, 3.63) is 65.4 Å². The molecule has 0 radical (unpaired) electrons. The van der Waals surface area contributed by atoms with Crippen molar-refractivity contribution in [2.45, 2.75) is 13.8 Å². The first-order valence-corrected chi connectivity index (χ1v) is 8.81. The lowest BCUT2D eigenvalue weighted by Crippen LogP contribution is -1.93. The fourth-order valence-electron chi connectivity index (χ4n) is 3.56. The third-order valence-electron chi connectivity index (χ3n) is 4.56. The van der Waals surface area contributed by atoms with E-state index < -0.39 is 0 Å². The first-order valence-electron chi connectivity index (χ1n) is 7.93. The van der Waals surface area contributed by atoms with Gasteiger partial charge in [-0.05, 0) is 25.5 Å². The van der Waals surface area contributed by atoms with Gasteiger partial charge in [0, 0.05) is 39.5 Å². The van der Waals surface area contributed by atoms with Crippen LogP contribution in [0, 0.1) is 13.8 Å². The molecule has 0 N–H and O–H groups in total. The minimum Gasteiger partial charge on any atom is -0.299 e. The highest BCUT2D eigenvalue weighted by Crippen LogP contribution is 2.39. The van der Waals surface area contributed by atoms with Crippen molar-refractivity contribution in [1.82, 2.24) is 14.4 Å². The van der Waals surface area contributed by atoms with Gasteiger partial charge < -0.3 is 0 Å². The van der Waals surface area contributed by atoms with E-state index in [1.165, 1.54) is 32.8 Å². The number of thiazole rings is 1. The Balaban J connectivity index is 2.14. The molecule has 4 heteroatoms. The van der Waals surface area contributed by atoms with Gasteiger partial charge >= 0.3 is 0 Å². The highest BCUT2D eigenvalue weighted by molar-refractivity contribution is 7.13. The molecule has 0 aliphatic rings. The molecule has 0 aliphatic carbocycles. The van der Waals surface area contributed by atoms with E-state index in [9.17, 15) is 0 Å². The van der Waals surface area contributed by atoms with Gasteiger partial charge in [0.25, 0.3) is 0 Å². The van der Waals surface area contributed by atoms with Crippen LogP contribution in [0.1, 0.15) is 11.3 Å². The van der Waals surface area contributed by atoms with Gasteiger partial charge in [-0.25, -0.2) is 9.97 Å². The maximum atomic E-state index is 4.79. The lowest BCUT2D eigenvalue weighted by atomic mass is 9.97. The van der Waals surface area contributed by atoms with E-state index in [0.29, 0.717) is 0 Å². The van der Waals surface area contributed by atoms with Crippen LogP contribution in [0.3, 0.4) is 0 Å². The largest absolute Gasteiger partial charge is 0.299 e. The Morgan fingerprint density at radius 3 is 2.71 bits per heavy atom. The standard InChI is InChI=1S/C20H15N3S/c1-12-7-8-15-18(17(12)20-21-9-10-24-20)14-5-3-4-6-16(14)23-11-13(2)22-19(15)23/h3-11H,1-2H3. The highest BCUT2D eigenvalue weighted by Gasteiger charge is 2.17. The molecule has 3 heterocycles. The smallest absolute Gasteiger partial charge is 0.145 e. The number of imidazole rings is 1. The number of benzene rings is 2. The number of para-hydroxylation sites is 1. The van der Waals surface area contributed by atoms with E-state index in [4.69, 9.17) is 4.98 Å². The summed E-state index contributed by atoms with van der Waals surface area (Å²) in [4.78, 5) is 9.37. The van der Waals surface area contributed by atoms with Crippen LogP contribution in [0.25, 0.3) is 37.9 Å². The maximum Gasteiger partial charge on any atom is 0.145 e.